The molecule has 2 heterocycles. The van der Waals surface area contributed by atoms with E-state index in [-0.39, 0.29) is 23.4 Å². The second-order valence-electron chi connectivity index (χ2n) is 6.27. The Morgan fingerprint density at radius 1 is 1.23 bits per heavy atom. The number of hydrogen-bond acceptors (Lipinski definition) is 5. The van der Waals surface area contributed by atoms with Crippen LogP contribution in [0.15, 0.2) is 45.8 Å². The van der Waals surface area contributed by atoms with Gasteiger partial charge in [0.1, 0.15) is 17.8 Å². The molecule has 3 aromatic rings. The van der Waals surface area contributed by atoms with Crippen molar-refractivity contribution in [1.82, 2.24) is 14.9 Å². The van der Waals surface area contributed by atoms with Crippen LogP contribution in [0.3, 0.4) is 0 Å². The number of benzene rings is 1. The lowest BCUT2D eigenvalue weighted by atomic mass is 10.1. The molecule has 3 rings (SSSR count). The van der Waals surface area contributed by atoms with E-state index >= 15 is 0 Å². The van der Waals surface area contributed by atoms with Gasteiger partial charge in [-0.1, -0.05) is 43.7 Å². The SMILES string of the molecule is CC.Cc1ccc(CNC(=O)c2cc3c(N)c(Br)cnc3n(CC(=O)O)c2=O)cc1. The first-order valence-corrected chi connectivity index (χ1v) is 10.1. The fourth-order valence-electron chi connectivity index (χ4n) is 2.74. The number of rotatable bonds is 5. The first-order chi connectivity index (χ1) is 14.3. The summed E-state index contributed by atoms with van der Waals surface area (Å²) in [6, 6.07) is 8.92. The molecular formula is C21H23BrN4O4. The molecule has 2 aromatic heterocycles. The molecule has 0 bridgehead atoms. The summed E-state index contributed by atoms with van der Waals surface area (Å²) in [5, 5.41) is 12.1. The number of carbonyl (C=O) groups excluding carboxylic acids is 1. The van der Waals surface area contributed by atoms with Crippen LogP contribution in [0.1, 0.15) is 35.3 Å². The number of nitrogens with one attached hydrogen (secondary N) is 1. The highest BCUT2D eigenvalue weighted by molar-refractivity contribution is 9.10. The van der Waals surface area contributed by atoms with Gasteiger partial charge in [0.2, 0.25) is 0 Å². The number of carboxylic acid groups (broad SMARTS) is 1. The third-order valence-corrected chi connectivity index (χ3v) is 4.85. The van der Waals surface area contributed by atoms with E-state index in [1.54, 1.807) is 0 Å². The lowest BCUT2D eigenvalue weighted by molar-refractivity contribution is -0.137. The smallest absolute Gasteiger partial charge is 0.323 e. The molecule has 1 amide bonds. The molecule has 0 saturated carbocycles. The van der Waals surface area contributed by atoms with Gasteiger partial charge in [0.05, 0.1) is 10.2 Å². The van der Waals surface area contributed by atoms with Crippen molar-refractivity contribution in [3.05, 3.63) is 68.0 Å². The molecule has 8 nitrogen and oxygen atoms in total. The molecule has 0 atom stereocenters. The molecule has 30 heavy (non-hydrogen) atoms. The minimum atomic E-state index is -1.23. The summed E-state index contributed by atoms with van der Waals surface area (Å²) in [4.78, 5) is 40.7. The number of pyridine rings is 2. The summed E-state index contributed by atoms with van der Waals surface area (Å²) < 4.78 is 1.41. The van der Waals surface area contributed by atoms with E-state index in [2.05, 4.69) is 26.2 Å². The highest BCUT2D eigenvalue weighted by atomic mass is 79.9. The maximum absolute atomic E-state index is 12.8. The average Bonchev–Trinajstić information content (AvgIpc) is 2.73. The number of halogens is 1. The van der Waals surface area contributed by atoms with E-state index in [4.69, 9.17) is 10.8 Å². The Morgan fingerprint density at radius 3 is 2.47 bits per heavy atom. The van der Waals surface area contributed by atoms with Crippen LogP contribution in [0.2, 0.25) is 0 Å². The number of amides is 1. The molecule has 0 aliphatic rings. The summed E-state index contributed by atoms with van der Waals surface area (Å²) >= 11 is 3.25. The van der Waals surface area contributed by atoms with Gasteiger partial charge < -0.3 is 16.2 Å². The summed E-state index contributed by atoms with van der Waals surface area (Å²) in [6.45, 7) is 5.54. The maximum Gasteiger partial charge on any atom is 0.323 e. The van der Waals surface area contributed by atoms with Crippen molar-refractivity contribution < 1.29 is 14.7 Å². The molecule has 0 radical (unpaired) electrons. The molecule has 0 aliphatic carbocycles. The van der Waals surface area contributed by atoms with Gasteiger partial charge in [-0.25, -0.2) is 4.98 Å². The number of nitrogens with two attached hydrogens (primary N) is 1. The lowest BCUT2D eigenvalue weighted by Crippen LogP contribution is -2.34. The highest BCUT2D eigenvalue weighted by Gasteiger charge is 2.19. The third kappa shape index (κ3) is 5.04. The number of nitrogen functional groups attached to an aromatic ring is 1. The molecule has 0 unspecified atom stereocenters. The van der Waals surface area contributed by atoms with Crippen LogP contribution in [-0.4, -0.2) is 26.5 Å². The van der Waals surface area contributed by atoms with Crippen molar-refractivity contribution in [2.75, 3.05) is 5.73 Å². The monoisotopic (exact) mass is 474 g/mol. The van der Waals surface area contributed by atoms with Crippen LogP contribution in [-0.2, 0) is 17.9 Å². The maximum atomic E-state index is 12.8. The number of carboxylic acids is 1. The van der Waals surface area contributed by atoms with Crippen LogP contribution in [0.5, 0.6) is 0 Å². The quantitative estimate of drug-likeness (QED) is 0.521. The molecule has 9 heteroatoms. The van der Waals surface area contributed by atoms with Gasteiger partial charge in [-0.15, -0.1) is 0 Å². The molecular weight excluding hydrogens is 452 g/mol. The predicted octanol–water partition coefficient (Wildman–Crippen LogP) is 3.09. The zero-order chi connectivity index (χ0) is 22.4. The van der Waals surface area contributed by atoms with E-state index in [1.807, 2.05) is 45.0 Å². The topological polar surface area (TPSA) is 127 Å². The number of fused-ring (bicyclic) bond motifs is 1. The first-order valence-electron chi connectivity index (χ1n) is 9.31. The number of aromatic nitrogens is 2. The van der Waals surface area contributed by atoms with E-state index < -0.39 is 24.0 Å². The number of anilines is 1. The van der Waals surface area contributed by atoms with Gasteiger partial charge in [-0.2, -0.15) is 0 Å². The fraction of sp³-hybridized carbons (Fsp3) is 0.238. The summed E-state index contributed by atoms with van der Waals surface area (Å²) in [5.74, 6) is -1.85. The Labute approximate surface area is 181 Å². The molecule has 0 aliphatic heterocycles. The number of carbonyl (C=O) groups is 2. The summed E-state index contributed by atoms with van der Waals surface area (Å²) in [7, 11) is 0. The molecule has 0 spiro atoms. The Hall–Kier alpha value is -3.20. The number of hydrogen-bond donors (Lipinski definition) is 3. The van der Waals surface area contributed by atoms with Crippen LogP contribution >= 0.6 is 15.9 Å². The Bertz CT molecular complexity index is 1140. The summed E-state index contributed by atoms with van der Waals surface area (Å²) in [6.07, 6.45) is 1.38. The van der Waals surface area contributed by atoms with Crippen LogP contribution < -0.4 is 16.6 Å². The van der Waals surface area contributed by atoms with Gasteiger partial charge >= 0.3 is 5.97 Å². The van der Waals surface area contributed by atoms with Crippen molar-refractivity contribution in [2.45, 2.75) is 33.9 Å². The van der Waals surface area contributed by atoms with Crippen molar-refractivity contribution in [2.24, 2.45) is 0 Å². The zero-order valence-corrected chi connectivity index (χ0v) is 18.5. The zero-order valence-electron chi connectivity index (χ0n) is 16.9. The Morgan fingerprint density at radius 2 is 1.87 bits per heavy atom. The third-order valence-electron chi connectivity index (χ3n) is 4.22. The van der Waals surface area contributed by atoms with Crippen molar-refractivity contribution in [1.29, 1.82) is 0 Å². The van der Waals surface area contributed by atoms with E-state index in [9.17, 15) is 14.4 Å². The normalized spacial score (nSPS) is 10.3. The highest BCUT2D eigenvalue weighted by Crippen LogP contribution is 2.26. The second-order valence-corrected chi connectivity index (χ2v) is 7.12. The number of nitrogens with zero attached hydrogens (tertiary/aromatic N) is 2. The Balaban J connectivity index is 0.00000155. The predicted molar refractivity (Wildman–Crippen MR) is 119 cm³/mol. The molecule has 0 fully saturated rings. The van der Waals surface area contributed by atoms with E-state index in [1.165, 1.54) is 12.3 Å². The van der Waals surface area contributed by atoms with Crippen LogP contribution in [0.4, 0.5) is 5.69 Å². The second kappa shape index (κ2) is 10.0. The lowest BCUT2D eigenvalue weighted by Gasteiger charge is -2.13. The van der Waals surface area contributed by atoms with E-state index in [0.717, 1.165) is 15.7 Å². The van der Waals surface area contributed by atoms with Crippen LogP contribution in [0, 0.1) is 6.92 Å². The van der Waals surface area contributed by atoms with Crippen molar-refractivity contribution in [3.63, 3.8) is 0 Å². The molecule has 0 saturated heterocycles. The van der Waals surface area contributed by atoms with Gasteiger partial charge in [-0.3, -0.25) is 19.0 Å². The Kier molecular flexibility index (Phi) is 7.71. The minimum Gasteiger partial charge on any atom is -0.480 e. The largest absolute Gasteiger partial charge is 0.480 e. The molecule has 4 N–H and O–H groups in total. The number of aliphatic carboxylic acids is 1. The first kappa shape index (κ1) is 23.1. The van der Waals surface area contributed by atoms with Crippen molar-refractivity contribution >= 4 is 44.5 Å². The van der Waals surface area contributed by atoms with Gasteiger partial charge in [0.15, 0.2) is 0 Å². The molecule has 1 aromatic carbocycles. The summed E-state index contributed by atoms with van der Waals surface area (Å²) in [5.41, 5.74) is 7.41. The van der Waals surface area contributed by atoms with Crippen molar-refractivity contribution in [3.8, 4) is 0 Å². The van der Waals surface area contributed by atoms with Crippen LogP contribution in [0.25, 0.3) is 11.0 Å². The standard InChI is InChI=1S/C19H17BrN4O4.C2H6/c1-10-2-4-11(5-3-10)7-23-18(27)13-6-12-16(21)14(20)8-22-17(12)24(19(13)28)9-15(25)26;1-2/h2-6,8H,7,9H2,1H3,(H2,21,22)(H,23,27)(H,25,26);1-2H3. The van der Waals surface area contributed by atoms with Gasteiger partial charge in [-0.05, 0) is 34.5 Å². The average molecular weight is 475 g/mol. The number of aryl methyl sites for hydroxylation is 1. The van der Waals surface area contributed by atoms with Gasteiger partial charge in [0, 0.05) is 18.1 Å². The van der Waals surface area contributed by atoms with Gasteiger partial charge in [0.25, 0.3) is 11.5 Å². The fourth-order valence-corrected chi connectivity index (χ4v) is 3.06. The van der Waals surface area contributed by atoms with E-state index in [0.29, 0.717) is 9.86 Å². The minimum absolute atomic E-state index is 0.100. The molecule has 158 valence electrons.